The van der Waals surface area contributed by atoms with E-state index in [9.17, 15) is 0 Å². The largest absolute Gasteiger partial charge is 0.353 e. The van der Waals surface area contributed by atoms with Crippen molar-refractivity contribution in [3.05, 3.63) is 23.8 Å². The number of fused-ring (bicyclic) bond motifs is 1. The molecule has 1 aromatic rings. The lowest BCUT2D eigenvalue weighted by atomic mass is 9.86. The minimum Gasteiger partial charge on any atom is -0.353 e. The third-order valence-corrected chi connectivity index (χ3v) is 3.83. The van der Waals surface area contributed by atoms with Gasteiger partial charge in [0.15, 0.2) is 0 Å². The van der Waals surface area contributed by atoms with Crippen LogP contribution in [0.4, 0.5) is 11.4 Å². The second kappa shape index (κ2) is 4.16. The van der Waals surface area contributed by atoms with Crippen LogP contribution in [0.25, 0.3) is 0 Å². The van der Waals surface area contributed by atoms with E-state index in [1.54, 1.807) is 4.90 Å². The highest BCUT2D eigenvalue weighted by atomic mass is 15.4. The Labute approximate surface area is 122 Å². The van der Waals surface area contributed by atoms with Crippen molar-refractivity contribution >= 4 is 11.4 Å². The van der Waals surface area contributed by atoms with Crippen molar-refractivity contribution in [1.82, 2.24) is 0 Å². The van der Waals surface area contributed by atoms with E-state index in [-0.39, 0.29) is 17.1 Å². The molecule has 2 rings (SSSR count). The molecule has 0 spiro atoms. The molecule has 1 heterocycles. The van der Waals surface area contributed by atoms with Gasteiger partial charge in [0.1, 0.15) is 0 Å². The van der Waals surface area contributed by atoms with Crippen molar-refractivity contribution in [2.45, 2.75) is 65.6 Å². The number of rotatable bonds is 0. The fourth-order valence-corrected chi connectivity index (χ4v) is 2.83. The summed E-state index contributed by atoms with van der Waals surface area (Å²) >= 11 is 0. The molecule has 0 saturated carbocycles. The lowest BCUT2D eigenvalue weighted by Crippen LogP contribution is -2.49. The zero-order valence-electron chi connectivity index (χ0n) is 16.2. The zero-order chi connectivity index (χ0) is 17.1. The number of benzene rings is 1. The second-order valence-corrected chi connectivity index (χ2v) is 7.50. The molecule has 0 unspecified atom stereocenters. The van der Waals surface area contributed by atoms with Gasteiger partial charge in [0.25, 0.3) is 0 Å². The zero-order valence-corrected chi connectivity index (χ0v) is 13.2. The van der Waals surface area contributed by atoms with E-state index < -0.39 is 6.98 Å². The summed E-state index contributed by atoms with van der Waals surface area (Å²) in [4.78, 5) is 3.77. The first kappa shape index (κ1) is 10.6. The summed E-state index contributed by atoms with van der Waals surface area (Å²) in [6.07, 6.45) is -0.197. The van der Waals surface area contributed by atoms with Crippen LogP contribution in [-0.4, -0.2) is 18.7 Å². The van der Waals surface area contributed by atoms with Gasteiger partial charge in [-0.15, -0.1) is 0 Å². The Morgan fingerprint density at radius 3 is 2.16 bits per heavy atom. The Balaban J connectivity index is 2.66. The van der Waals surface area contributed by atoms with Gasteiger partial charge < -0.3 is 9.80 Å². The minimum absolute atomic E-state index is 0.00612. The van der Waals surface area contributed by atoms with Crippen molar-refractivity contribution in [1.29, 1.82) is 0 Å². The van der Waals surface area contributed by atoms with Crippen molar-refractivity contribution in [3.8, 4) is 0 Å². The van der Waals surface area contributed by atoms with Gasteiger partial charge in [-0.1, -0.05) is 26.8 Å². The first-order valence-corrected chi connectivity index (χ1v) is 6.98. The van der Waals surface area contributed by atoms with Crippen LogP contribution in [0, 0.1) is 0 Å². The van der Waals surface area contributed by atoms with E-state index >= 15 is 0 Å². The molecule has 19 heavy (non-hydrogen) atoms. The van der Waals surface area contributed by atoms with Crippen molar-refractivity contribution in [2.75, 3.05) is 16.8 Å². The summed E-state index contributed by atoms with van der Waals surface area (Å²) in [5, 5.41) is 0. The molecule has 0 bridgehead atoms. The summed E-state index contributed by atoms with van der Waals surface area (Å²) in [5.74, 6) is 0. The molecule has 0 radical (unpaired) electrons. The van der Waals surface area contributed by atoms with Gasteiger partial charge in [-0.25, -0.2) is 0 Å². The molecular weight excluding hydrogens is 232 g/mol. The van der Waals surface area contributed by atoms with Gasteiger partial charge in [0.05, 0.1) is 17.5 Å². The third-order valence-electron chi connectivity index (χ3n) is 3.83. The van der Waals surface area contributed by atoms with E-state index in [2.05, 4.69) is 58.6 Å². The second-order valence-electron chi connectivity index (χ2n) is 7.50. The Morgan fingerprint density at radius 1 is 1.05 bits per heavy atom. The predicted molar refractivity (Wildman–Crippen MR) is 85.2 cm³/mol. The molecule has 106 valence electrons. The third kappa shape index (κ3) is 2.33. The number of hydrogen-bond donors (Lipinski definition) is 0. The number of hydrogen-bond acceptors (Lipinski definition) is 2. The molecule has 0 amide bonds. The van der Waals surface area contributed by atoms with E-state index in [1.165, 1.54) is 0 Å². The van der Waals surface area contributed by atoms with Gasteiger partial charge >= 0.3 is 0 Å². The molecule has 0 N–H and O–H groups in total. The summed E-state index contributed by atoms with van der Waals surface area (Å²) in [6, 6.07) is 6.24. The molecule has 1 atom stereocenters. The van der Waals surface area contributed by atoms with Gasteiger partial charge in [0, 0.05) is 16.6 Å². The first-order valence-electron chi connectivity index (χ1n) is 8.48. The van der Waals surface area contributed by atoms with Gasteiger partial charge in [0.2, 0.25) is 0 Å². The maximum Gasteiger partial charge on any atom is 0.0990 e. The normalized spacial score (nSPS) is 22.9. The van der Waals surface area contributed by atoms with Crippen LogP contribution in [0.5, 0.6) is 0 Å². The molecule has 1 aliphatic heterocycles. The average molecular weight is 263 g/mol. The molecule has 0 aliphatic carbocycles. The van der Waals surface area contributed by atoms with Crippen LogP contribution in [0.2, 0.25) is 0 Å². The van der Waals surface area contributed by atoms with Crippen molar-refractivity contribution in [3.63, 3.8) is 0 Å². The van der Waals surface area contributed by atoms with Crippen LogP contribution in [0.15, 0.2) is 18.2 Å². The minimum atomic E-state index is -2.15. The highest BCUT2D eigenvalue weighted by Crippen LogP contribution is 2.44. The van der Waals surface area contributed by atoms with E-state index in [4.69, 9.17) is 4.11 Å². The molecule has 0 fully saturated rings. The summed E-state index contributed by atoms with van der Waals surface area (Å²) in [5.41, 5.74) is 2.83. The lowest BCUT2D eigenvalue weighted by Gasteiger charge is -2.39. The molecule has 0 aromatic heterocycles. The molecule has 2 heteroatoms. The molecule has 0 saturated heterocycles. The molecule has 1 aliphatic rings. The van der Waals surface area contributed by atoms with Crippen LogP contribution < -0.4 is 9.80 Å². The maximum absolute atomic E-state index is 7.94. The Hall–Kier alpha value is -1.18. The highest BCUT2D eigenvalue weighted by molar-refractivity contribution is 5.79. The number of nitrogens with zero attached hydrogens (tertiary/aromatic N) is 2. The van der Waals surface area contributed by atoms with E-state index in [0.29, 0.717) is 0 Å². The van der Waals surface area contributed by atoms with Gasteiger partial charge in [-0.3, -0.25) is 0 Å². The fraction of sp³-hybridized carbons (Fsp3) is 0.647. The summed E-state index contributed by atoms with van der Waals surface area (Å²) in [6.45, 7) is 12.6. The maximum atomic E-state index is 7.94. The first-order chi connectivity index (χ1) is 9.74. The van der Waals surface area contributed by atoms with Crippen LogP contribution in [0.1, 0.15) is 58.1 Å². The Bertz CT molecular complexity index is 565. The van der Waals surface area contributed by atoms with Crippen LogP contribution in [0.3, 0.4) is 0 Å². The van der Waals surface area contributed by atoms with E-state index in [0.717, 1.165) is 16.9 Å². The lowest BCUT2D eigenvalue weighted by molar-refractivity contribution is 0.464. The van der Waals surface area contributed by atoms with Crippen LogP contribution in [-0.2, 0) is 5.41 Å². The van der Waals surface area contributed by atoms with Gasteiger partial charge in [-0.05, 0) is 50.8 Å². The summed E-state index contributed by atoms with van der Waals surface area (Å²) in [7, 11) is 0. The van der Waals surface area contributed by atoms with E-state index in [1.807, 2.05) is 13.0 Å². The fourth-order valence-electron chi connectivity index (χ4n) is 2.83. The average Bonchev–Trinajstić information content (AvgIpc) is 2.56. The monoisotopic (exact) mass is 263 g/mol. The smallest absolute Gasteiger partial charge is 0.0990 e. The quantitative estimate of drug-likeness (QED) is 0.685. The SMILES string of the molecule is [2H]C([2H])([2H])N1c2cc(C(C)(C)C)ccc2N(C(C)(C)C)[C@H]1C. The predicted octanol–water partition coefficient (Wildman–Crippen LogP) is 4.38. The standard InChI is InChI=1S/C17H28N2/c1-12-18(8)15-11-13(16(2,3)4)9-10-14(15)19(12)17(5,6)7/h9-12H,1-8H3/t12-/m0/s1/i8D3. The Kier molecular flexibility index (Phi) is 2.32. The Morgan fingerprint density at radius 2 is 1.68 bits per heavy atom. The molecule has 1 aromatic carbocycles. The molecule has 2 nitrogen and oxygen atoms in total. The summed E-state index contributed by atoms with van der Waals surface area (Å²) < 4.78 is 23.8. The molecular formula is C17H28N2. The van der Waals surface area contributed by atoms with Crippen molar-refractivity contribution < 1.29 is 4.11 Å². The highest BCUT2D eigenvalue weighted by Gasteiger charge is 2.37. The van der Waals surface area contributed by atoms with Crippen LogP contribution >= 0.6 is 0 Å². The van der Waals surface area contributed by atoms with Crippen molar-refractivity contribution in [2.24, 2.45) is 0 Å². The number of anilines is 2. The topological polar surface area (TPSA) is 6.48 Å². The van der Waals surface area contributed by atoms with Gasteiger partial charge in [-0.2, -0.15) is 0 Å².